The number of amides is 1. The summed E-state index contributed by atoms with van der Waals surface area (Å²) in [5.41, 5.74) is 1.11. The summed E-state index contributed by atoms with van der Waals surface area (Å²) in [5.74, 6) is 1.28. The maximum absolute atomic E-state index is 12.3. The Kier molecular flexibility index (Phi) is 7.35. The first kappa shape index (κ1) is 20.0. The van der Waals surface area contributed by atoms with Gasteiger partial charge < -0.3 is 9.88 Å². The molecule has 2 aromatic rings. The van der Waals surface area contributed by atoms with Crippen molar-refractivity contribution in [2.24, 2.45) is 0 Å². The highest BCUT2D eigenvalue weighted by Crippen LogP contribution is 2.21. The zero-order valence-electron chi connectivity index (χ0n) is 15.4. The van der Waals surface area contributed by atoms with Crippen molar-refractivity contribution in [3.05, 3.63) is 53.3 Å². The number of carbonyl (C=O) groups is 1. The maximum Gasteiger partial charge on any atom is 0.230 e. The number of aromatic nitrogens is 3. The smallest absolute Gasteiger partial charge is 0.230 e. The van der Waals surface area contributed by atoms with E-state index in [2.05, 4.69) is 22.1 Å². The third kappa shape index (κ3) is 5.84. The summed E-state index contributed by atoms with van der Waals surface area (Å²) in [6.45, 7) is 4.44. The number of halogens is 1. The van der Waals surface area contributed by atoms with Gasteiger partial charge in [-0.25, -0.2) is 0 Å². The van der Waals surface area contributed by atoms with E-state index >= 15 is 0 Å². The van der Waals surface area contributed by atoms with E-state index in [1.807, 2.05) is 34.9 Å². The van der Waals surface area contributed by atoms with Gasteiger partial charge in [0.1, 0.15) is 5.82 Å². The van der Waals surface area contributed by atoms with Gasteiger partial charge in [0.2, 0.25) is 5.91 Å². The lowest BCUT2D eigenvalue weighted by atomic mass is 9.95. The van der Waals surface area contributed by atoms with Gasteiger partial charge in [-0.15, -0.1) is 16.8 Å². The van der Waals surface area contributed by atoms with Crippen LogP contribution in [0.5, 0.6) is 0 Å². The van der Waals surface area contributed by atoms with Gasteiger partial charge in [0.25, 0.3) is 0 Å². The molecule has 0 bridgehead atoms. The molecule has 1 aliphatic rings. The quantitative estimate of drug-likeness (QED) is 0.527. The van der Waals surface area contributed by atoms with Gasteiger partial charge in [0.15, 0.2) is 5.16 Å². The third-order valence-corrected chi connectivity index (χ3v) is 5.90. The van der Waals surface area contributed by atoms with Crippen molar-refractivity contribution in [1.29, 1.82) is 0 Å². The second-order valence-electron chi connectivity index (χ2n) is 6.79. The van der Waals surface area contributed by atoms with Crippen LogP contribution in [0, 0.1) is 0 Å². The number of rotatable bonds is 8. The van der Waals surface area contributed by atoms with E-state index in [1.54, 1.807) is 0 Å². The van der Waals surface area contributed by atoms with Gasteiger partial charge in [-0.05, 0) is 30.5 Å². The molecular formula is C20H25ClN4OS. The summed E-state index contributed by atoms with van der Waals surface area (Å²) in [6, 6.07) is 8.05. The number of allylic oxidation sites excluding steroid dienone is 1. The highest BCUT2D eigenvalue weighted by atomic mass is 35.5. The number of nitrogens with zero attached hydrogens (tertiary/aromatic N) is 3. The Morgan fingerprint density at radius 1 is 1.26 bits per heavy atom. The molecule has 1 heterocycles. The molecule has 27 heavy (non-hydrogen) atoms. The minimum Gasteiger partial charge on any atom is -0.353 e. The molecule has 1 N–H and O–H groups in total. The Bertz CT molecular complexity index is 769. The molecule has 0 atom stereocenters. The fourth-order valence-electron chi connectivity index (χ4n) is 3.30. The number of thioether (sulfide) groups is 1. The Morgan fingerprint density at radius 3 is 2.70 bits per heavy atom. The average Bonchev–Trinajstić information content (AvgIpc) is 3.05. The van der Waals surface area contributed by atoms with E-state index in [0.29, 0.717) is 29.8 Å². The fraction of sp³-hybridized carbons (Fsp3) is 0.450. The number of benzene rings is 1. The van der Waals surface area contributed by atoms with Gasteiger partial charge in [-0.1, -0.05) is 60.8 Å². The van der Waals surface area contributed by atoms with E-state index in [0.717, 1.165) is 29.4 Å². The summed E-state index contributed by atoms with van der Waals surface area (Å²) >= 11 is 7.38. The van der Waals surface area contributed by atoms with Gasteiger partial charge >= 0.3 is 0 Å². The SMILES string of the molecule is C=CCn1c(Cc2ccc(Cl)cc2)nnc1SCC(=O)NC1CCCCC1. The normalized spacial score (nSPS) is 14.9. The summed E-state index contributed by atoms with van der Waals surface area (Å²) in [5, 5.41) is 13.2. The van der Waals surface area contributed by atoms with Crippen LogP contribution in [-0.2, 0) is 17.8 Å². The first-order chi connectivity index (χ1) is 13.2. The number of carbonyl (C=O) groups excluding carboxylic acids is 1. The monoisotopic (exact) mass is 404 g/mol. The van der Waals surface area contributed by atoms with Gasteiger partial charge in [0, 0.05) is 24.0 Å². The van der Waals surface area contributed by atoms with Crippen molar-refractivity contribution in [2.45, 2.75) is 56.3 Å². The highest BCUT2D eigenvalue weighted by molar-refractivity contribution is 7.99. The fourth-order valence-corrected chi connectivity index (χ4v) is 4.20. The van der Waals surface area contributed by atoms with E-state index in [1.165, 1.54) is 31.0 Å². The Labute approximate surface area is 169 Å². The molecule has 0 unspecified atom stereocenters. The number of hydrogen-bond donors (Lipinski definition) is 1. The zero-order chi connectivity index (χ0) is 19.1. The predicted molar refractivity (Wildman–Crippen MR) is 110 cm³/mol. The van der Waals surface area contributed by atoms with Crippen LogP contribution in [0.3, 0.4) is 0 Å². The molecule has 0 saturated heterocycles. The largest absolute Gasteiger partial charge is 0.353 e. The minimum absolute atomic E-state index is 0.0688. The van der Waals surface area contributed by atoms with Crippen LogP contribution in [0.25, 0.3) is 0 Å². The molecular weight excluding hydrogens is 380 g/mol. The van der Waals surface area contributed by atoms with Crippen molar-refractivity contribution >= 4 is 29.3 Å². The topological polar surface area (TPSA) is 59.8 Å². The molecule has 144 valence electrons. The molecule has 1 fully saturated rings. The molecule has 1 amide bonds. The molecule has 1 saturated carbocycles. The van der Waals surface area contributed by atoms with Crippen LogP contribution in [0.15, 0.2) is 42.1 Å². The van der Waals surface area contributed by atoms with Gasteiger partial charge in [-0.3, -0.25) is 4.79 Å². The molecule has 1 aliphatic carbocycles. The molecule has 5 nitrogen and oxygen atoms in total. The van der Waals surface area contributed by atoms with Gasteiger partial charge in [-0.2, -0.15) is 0 Å². The Balaban J connectivity index is 1.61. The predicted octanol–water partition coefficient (Wildman–Crippen LogP) is 4.25. The second-order valence-corrected chi connectivity index (χ2v) is 8.17. The van der Waals surface area contributed by atoms with Crippen molar-refractivity contribution < 1.29 is 4.79 Å². The first-order valence-electron chi connectivity index (χ1n) is 9.35. The lowest BCUT2D eigenvalue weighted by molar-refractivity contribution is -0.119. The van der Waals surface area contributed by atoms with Crippen LogP contribution in [0.4, 0.5) is 0 Å². The number of hydrogen-bond acceptors (Lipinski definition) is 4. The van der Waals surface area contributed by atoms with Crippen LogP contribution >= 0.6 is 23.4 Å². The standard InChI is InChI=1S/C20H25ClN4OS/c1-2-12-25-18(13-15-8-10-16(21)11-9-15)23-24-20(25)27-14-19(26)22-17-6-4-3-5-7-17/h2,8-11,17H,1,3-7,12-14H2,(H,22,26). The molecule has 7 heteroatoms. The molecule has 1 aromatic carbocycles. The van der Waals surface area contributed by atoms with Gasteiger partial charge in [0.05, 0.1) is 5.75 Å². The van der Waals surface area contributed by atoms with Crippen LogP contribution in [-0.4, -0.2) is 32.5 Å². The molecule has 0 aliphatic heterocycles. The van der Waals surface area contributed by atoms with E-state index in [4.69, 9.17) is 11.6 Å². The van der Waals surface area contributed by atoms with Crippen LogP contribution in [0.2, 0.25) is 5.02 Å². The molecule has 3 rings (SSSR count). The third-order valence-electron chi connectivity index (χ3n) is 4.68. The number of nitrogens with one attached hydrogen (secondary N) is 1. The van der Waals surface area contributed by atoms with Crippen molar-refractivity contribution in [3.8, 4) is 0 Å². The van der Waals surface area contributed by atoms with Crippen molar-refractivity contribution in [1.82, 2.24) is 20.1 Å². The lowest BCUT2D eigenvalue weighted by Crippen LogP contribution is -2.37. The molecule has 0 spiro atoms. The highest BCUT2D eigenvalue weighted by Gasteiger charge is 2.17. The first-order valence-corrected chi connectivity index (χ1v) is 10.7. The molecule has 1 aromatic heterocycles. The zero-order valence-corrected chi connectivity index (χ0v) is 16.9. The van der Waals surface area contributed by atoms with E-state index in [-0.39, 0.29) is 5.91 Å². The lowest BCUT2D eigenvalue weighted by Gasteiger charge is -2.22. The summed E-state index contributed by atoms with van der Waals surface area (Å²) in [7, 11) is 0. The van der Waals surface area contributed by atoms with Crippen LogP contribution < -0.4 is 5.32 Å². The minimum atomic E-state index is 0.0688. The van der Waals surface area contributed by atoms with Crippen molar-refractivity contribution in [3.63, 3.8) is 0 Å². The second kappa shape index (κ2) is 9.95. The van der Waals surface area contributed by atoms with Crippen molar-refractivity contribution in [2.75, 3.05) is 5.75 Å². The Morgan fingerprint density at radius 2 is 2.00 bits per heavy atom. The summed E-state index contributed by atoms with van der Waals surface area (Å²) < 4.78 is 2.01. The molecule has 0 radical (unpaired) electrons. The van der Waals surface area contributed by atoms with Crippen LogP contribution in [0.1, 0.15) is 43.5 Å². The van der Waals surface area contributed by atoms with E-state index in [9.17, 15) is 4.79 Å². The average molecular weight is 405 g/mol. The summed E-state index contributed by atoms with van der Waals surface area (Å²) in [4.78, 5) is 12.3. The Hall–Kier alpha value is -1.79. The summed E-state index contributed by atoms with van der Waals surface area (Å²) in [6.07, 6.45) is 8.36. The van der Waals surface area contributed by atoms with E-state index < -0.39 is 0 Å². The maximum atomic E-state index is 12.3.